The number of anilines is 1. The molecule has 7 rings (SSSR count). The van der Waals surface area contributed by atoms with E-state index in [9.17, 15) is 14.7 Å². The van der Waals surface area contributed by atoms with Gasteiger partial charge >= 0.3 is 5.97 Å². The van der Waals surface area contributed by atoms with Crippen LogP contribution in [0.3, 0.4) is 0 Å². The van der Waals surface area contributed by atoms with Crippen LogP contribution in [0, 0.1) is 27.7 Å². The van der Waals surface area contributed by atoms with E-state index in [4.69, 9.17) is 33.0 Å². The Kier molecular flexibility index (Phi) is 8.24. The second-order valence-corrected chi connectivity index (χ2v) is 13.8. The topological polar surface area (TPSA) is 105 Å². The van der Waals surface area contributed by atoms with Gasteiger partial charge in [0, 0.05) is 64.0 Å². The largest absolute Gasteiger partial charge is 0.494 e. The fourth-order valence-corrected chi connectivity index (χ4v) is 7.76. The third-order valence-electron chi connectivity index (χ3n) is 9.76. The number of aromatic carboxylic acids is 1. The number of H-pyrrole nitrogens is 1. The van der Waals surface area contributed by atoms with Gasteiger partial charge in [-0.05, 0) is 101 Å². The number of carboxylic acids is 1. The quantitative estimate of drug-likeness (QED) is 0.155. The van der Waals surface area contributed by atoms with Crippen molar-refractivity contribution >= 4 is 62.6 Å². The summed E-state index contributed by atoms with van der Waals surface area (Å²) in [5.74, 6) is -0.417. The zero-order valence-electron chi connectivity index (χ0n) is 28.2. The number of hydrogen-bond donors (Lipinski definition) is 2. The monoisotopic (exact) mass is 697 g/mol. The molecule has 0 bridgehead atoms. The molecule has 0 fully saturated rings. The van der Waals surface area contributed by atoms with E-state index in [1.165, 1.54) is 0 Å². The van der Waals surface area contributed by atoms with Gasteiger partial charge in [-0.25, -0.2) is 4.79 Å². The third-order valence-corrected chi connectivity index (χ3v) is 10.7. The Bertz CT molecular complexity index is 2310. The summed E-state index contributed by atoms with van der Waals surface area (Å²) >= 11 is 13.4. The van der Waals surface area contributed by atoms with E-state index in [1.54, 1.807) is 29.3 Å². The summed E-state index contributed by atoms with van der Waals surface area (Å²) < 4.78 is 10.2. The first kappa shape index (κ1) is 32.8. The highest BCUT2D eigenvalue weighted by Crippen LogP contribution is 2.45. The van der Waals surface area contributed by atoms with Crippen LogP contribution < -0.4 is 9.64 Å². The zero-order chi connectivity index (χ0) is 34.9. The lowest BCUT2D eigenvalue weighted by Crippen LogP contribution is -2.42. The summed E-state index contributed by atoms with van der Waals surface area (Å²) in [6.45, 7) is 10.9. The van der Waals surface area contributed by atoms with Crippen molar-refractivity contribution in [1.29, 1.82) is 0 Å². The van der Waals surface area contributed by atoms with Crippen molar-refractivity contribution in [3.63, 3.8) is 0 Å². The number of halogens is 2. The number of hydrogen-bond acceptors (Lipinski definition) is 4. The SMILES string of the molecule is Cc1cc(OCCCc2c3n(c4c(-c5c(C)nn(C)c5C)c(Cl)ccc24)[C@H](C)CN(c2c[nH]c4ccc(C(=O)O)cc24)C3=O)cc(C)c1Cl. The first-order chi connectivity index (χ1) is 23.4. The number of rotatable bonds is 8. The molecule has 1 atom stereocenters. The van der Waals surface area contributed by atoms with Gasteiger partial charge in [0.1, 0.15) is 11.4 Å². The number of fused-ring (bicyclic) bond motifs is 4. The number of nitrogens with zero attached hydrogens (tertiary/aromatic N) is 4. The van der Waals surface area contributed by atoms with Gasteiger partial charge in [0.2, 0.25) is 0 Å². The minimum absolute atomic E-state index is 0.137. The lowest BCUT2D eigenvalue weighted by atomic mass is 9.98. The maximum atomic E-state index is 14.8. The minimum atomic E-state index is -1.02. The highest BCUT2D eigenvalue weighted by atomic mass is 35.5. The summed E-state index contributed by atoms with van der Waals surface area (Å²) in [4.78, 5) is 31.7. The van der Waals surface area contributed by atoms with Gasteiger partial charge in [-0.15, -0.1) is 0 Å². The van der Waals surface area contributed by atoms with Gasteiger partial charge < -0.3 is 24.3 Å². The maximum Gasteiger partial charge on any atom is 0.335 e. The van der Waals surface area contributed by atoms with Crippen LogP contribution in [-0.2, 0) is 13.5 Å². The highest BCUT2D eigenvalue weighted by Gasteiger charge is 2.37. The standard InChI is InChI=1S/C38H37Cl2N5O4/c1-19-14-25(15-20(2)34(19)40)49-13-7-8-26-27-10-11-29(39)33(32-22(4)42-43(6)23(32)5)35(27)45-21(3)18-44(37(46)36(26)45)31-17-41-30-12-9-24(38(47)48)16-28(30)31/h9-12,14-17,21,41H,7-8,13,18H2,1-6H3,(H,47,48)/t21-/m1/s1. The number of amides is 1. The Hall–Kier alpha value is -4.73. The summed E-state index contributed by atoms with van der Waals surface area (Å²) in [7, 11) is 1.92. The number of carboxylic acid groups (broad SMARTS) is 1. The molecule has 9 nitrogen and oxygen atoms in total. The van der Waals surface area contributed by atoms with E-state index in [0.29, 0.717) is 47.8 Å². The van der Waals surface area contributed by atoms with Crippen molar-refractivity contribution in [2.24, 2.45) is 7.05 Å². The molecular formula is C38H37Cl2N5O4. The molecule has 0 spiro atoms. The Labute approximate surface area is 294 Å². The van der Waals surface area contributed by atoms with Crippen LogP contribution in [-0.4, -0.2) is 49.5 Å². The molecule has 3 aromatic heterocycles. The van der Waals surface area contributed by atoms with Crippen molar-refractivity contribution in [3.8, 4) is 16.9 Å². The molecular weight excluding hydrogens is 661 g/mol. The number of nitrogens with one attached hydrogen (secondary N) is 1. The van der Waals surface area contributed by atoms with Crippen LogP contribution in [0.25, 0.3) is 32.9 Å². The number of carbonyl (C=O) groups is 2. The summed E-state index contributed by atoms with van der Waals surface area (Å²) in [5, 5.41) is 17.4. The first-order valence-corrected chi connectivity index (χ1v) is 17.0. The van der Waals surface area contributed by atoms with Crippen LogP contribution in [0.5, 0.6) is 5.75 Å². The summed E-state index contributed by atoms with van der Waals surface area (Å²) in [6.07, 6.45) is 3.03. The van der Waals surface area contributed by atoms with Crippen LogP contribution in [0.1, 0.15) is 68.3 Å². The molecule has 0 saturated heterocycles. The first-order valence-electron chi connectivity index (χ1n) is 16.3. The second kappa shape index (κ2) is 12.3. The third kappa shape index (κ3) is 5.36. The highest BCUT2D eigenvalue weighted by molar-refractivity contribution is 6.35. The van der Waals surface area contributed by atoms with Gasteiger partial charge in [0.15, 0.2) is 0 Å². The number of ether oxygens (including phenoxy) is 1. The van der Waals surface area contributed by atoms with Crippen molar-refractivity contribution in [2.45, 2.75) is 53.5 Å². The van der Waals surface area contributed by atoms with Gasteiger partial charge in [-0.1, -0.05) is 29.3 Å². The molecule has 3 aromatic carbocycles. The minimum Gasteiger partial charge on any atom is -0.494 e. The van der Waals surface area contributed by atoms with Crippen LogP contribution in [0.2, 0.25) is 10.0 Å². The van der Waals surface area contributed by atoms with Crippen molar-refractivity contribution < 1.29 is 19.4 Å². The maximum absolute atomic E-state index is 14.8. The molecule has 252 valence electrons. The predicted molar refractivity (Wildman–Crippen MR) is 195 cm³/mol. The Morgan fingerprint density at radius 1 is 1.04 bits per heavy atom. The van der Waals surface area contributed by atoms with E-state index < -0.39 is 5.97 Å². The van der Waals surface area contributed by atoms with Crippen molar-refractivity contribution in [1.82, 2.24) is 19.3 Å². The number of aromatic nitrogens is 4. The lowest BCUT2D eigenvalue weighted by Gasteiger charge is -2.34. The van der Waals surface area contributed by atoms with Gasteiger partial charge in [0.25, 0.3) is 5.91 Å². The fraction of sp³-hybridized carbons (Fsp3) is 0.289. The van der Waals surface area contributed by atoms with Crippen LogP contribution >= 0.6 is 23.2 Å². The van der Waals surface area contributed by atoms with E-state index in [2.05, 4.69) is 16.5 Å². The predicted octanol–water partition coefficient (Wildman–Crippen LogP) is 8.99. The Morgan fingerprint density at radius 2 is 1.78 bits per heavy atom. The van der Waals surface area contributed by atoms with E-state index in [-0.39, 0.29) is 17.5 Å². The molecule has 0 unspecified atom stereocenters. The number of aromatic amines is 1. The summed E-state index contributed by atoms with van der Waals surface area (Å²) in [5.41, 5.74) is 9.58. The van der Waals surface area contributed by atoms with E-state index >= 15 is 0 Å². The fourth-order valence-electron chi connectivity index (χ4n) is 7.40. The number of carbonyl (C=O) groups excluding carboxylic acids is 1. The lowest BCUT2D eigenvalue weighted by molar-refractivity contribution is 0.0696. The van der Waals surface area contributed by atoms with Gasteiger partial charge in [-0.2, -0.15) is 5.10 Å². The van der Waals surface area contributed by atoms with Gasteiger partial charge in [0.05, 0.1) is 34.1 Å². The molecule has 0 saturated carbocycles. The molecule has 11 heteroatoms. The molecule has 2 N–H and O–H groups in total. The van der Waals surface area contributed by atoms with Crippen LogP contribution in [0.4, 0.5) is 5.69 Å². The normalized spacial score (nSPS) is 14.7. The average molecular weight is 699 g/mol. The second-order valence-electron chi connectivity index (χ2n) is 13.0. The Balaban J connectivity index is 1.36. The molecule has 4 heterocycles. The van der Waals surface area contributed by atoms with E-state index in [0.717, 1.165) is 66.4 Å². The molecule has 0 radical (unpaired) electrons. The van der Waals surface area contributed by atoms with Crippen molar-refractivity contribution in [3.05, 3.63) is 98.0 Å². The Morgan fingerprint density at radius 3 is 2.45 bits per heavy atom. The molecule has 49 heavy (non-hydrogen) atoms. The summed E-state index contributed by atoms with van der Waals surface area (Å²) in [6, 6.07) is 12.6. The van der Waals surface area contributed by atoms with Crippen molar-refractivity contribution in [2.75, 3.05) is 18.1 Å². The molecule has 0 aliphatic carbocycles. The van der Waals surface area contributed by atoms with Gasteiger partial charge in [-0.3, -0.25) is 9.48 Å². The zero-order valence-corrected chi connectivity index (χ0v) is 29.8. The van der Waals surface area contributed by atoms with Crippen LogP contribution in [0.15, 0.2) is 48.7 Å². The van der Waals surface area contributed by atoms with E-state index in [1.807, 2.05) is 63.7 Å². The average Bonchev–Trinajstić information content (AvgIpc) is 3.71. The molecule has 1 aliphatic heterocycles. The molecule has 1 aliphatic rings. The smallest absolute Gasteiger partial charge is 0.335 e. The molecule has 6 aromatic rings. The number of aryl methyl sites for hydroxylation is 5. The number of benzene rings is 3. The molecule has 1 amide bonds.